The van der Waals surface area contributed by atoms with E-state index >= 15 is 0 Å². The highest BCUT2D eigenvalue weighted by Crippen LogP contribution is 2.17. The molecule has 0 aliphatic rings. The number of H-pyrrole nitrogens is 1. The smallest absolute Gasteiger partial charge is 0.251 e. The summed E-state index contributed by atoms with van der Waals surface area (Å²) >= 11 is 5.84. The quantitative estimate of drug-likeness (QED) is 0.730. The number of hydrogen-bond acceptors (Lipinski definition) is 2. The van der Waals surface area contributed by atoms with Gasteiger partial charge in [0.1, 0.15) is 0 Å². The molecule has 3 nitrogen and oxygen atoms in total. The summed E-state index contributed by atoms with van der Waals surface area (Å²) < 4.78 is 0. The summed E-state index contributed by atoms with van der Waals surface area (Å²) in [6.45, 7) is 1.94. The Morgan fingerprint density at radius 2 is 2.36 bits per heavy atom. The lowest BCUT2D eigenvalue weighted by Crippen LogP contribution is -2.11. The third kappa shape index (κ3) is 1.40. The van der Waals surface area contributed by atoms with Crippen molar-refractivity contribution >= 4 is 22.5 Å². The van der Waals surface area contributed by atoms with Crippen molar-refractivity contribution in [3.63, 3.8) is 0 Å². The highest BCUT2D eigenvalue weighted by Gasteiger charge is 2.03. The van der Waals surface area contributed by atoms with Crippen LogP contribution in [0.3, 0.4) is 0 Å². The Morgan fingerprint density at radius 3 is 3.07 bits per heavy atom. The van der Waals surface area contributed by atoms with E-state index in [1.807, 2.05) is 19.1 Å². The molecule has 0 radical (unpaired) electrons. The van der Waals surface area contributed by atoms with Crippen LogP contribution >= 0.6 is 11.6 Å². The zero-order chi connectivity index (χ0) is 10.1. The van der Waals surface area contributed by atoms with Crippen molar-refractivity contribution in [2.45, 2.75) is 13.3 Å². The molecule has 0 spiro atoms. The van der Waals surface area contributed by atoms with E-state index in [4.69, 9.17) is 11.6 Å². The maximum Gasteiger partial charge on any atom is 0.251 e. The lowest BCUT2D eigenvalue weighted by molar-refractivity contribution is 1.08. The van der Waals surface area contributed by atoms with Crippen molar-refractivity contribution in [2.75, 3.05) is 0 Å². The van der Waals surface area contributed by atoms with Gasteiger partial charge in [0, 0.05) is 17.1 Å². The Balaban J connectivity index is 2.86. The van der Waals surface area contributed by atoms with Crippen molar-refractivity contribution in [1.29, 1.82) is 0 Å². The minimum Gasteiger partial charge on any atom is -0.319 e. The molecule has 0 fully saturated rings. The van der Waals surface area contributed by atoms with Gasteiger partial charge in [-0.3, -0.25) is 4.79 Å². The van der Waals surface area contributed by atoms with Gasteiger partial charge >= 0.3 is 0 Å². The Labute approximate surface area is 85.7 Å². The Hall–Kier alpha value is -1.35. The first kappa shape index (κ1) is 9.21. The van der Waals surface area contributed by atoms with Crippen LogP contribution in [0.2, 0.25) is 5.15 Å². The topological polar surface area (TPSA) is 45.8 Å². The van der Waals surface area contributed by atoms with Gasteiger partial charge in [0.25, 0.3) is 5.56 Å². The maximum atomic E-state index is 11.5. The van der Waals surface area contributed by atoms with E-state index in [1.165, 1.54) is 0 Å². The number of hydrogen-bond donors (Lipinski definition) is 1. The van der Waals surface area contributed by atoms with Gasteiger partial charge in [0.15, 0.2) is 5.15 Å². The summed E-state index contributed by atoms with van der Waals surface area (Å²) in [5.41, 5.74) is 1.28. The van der Waals surface area contributed by atoms with Crippen molar-refractivity contribution in [1.82, 2.24) is 9.97 Å². The largest absolute Gasteiger partial charge is 0.319 e. The average Bonchev–Trinajstić information content (AvgIpc) is 2.19. The zero-order valence-corrected chi connectivity index (χ0v) is 8.43. The van der Waals surface area contributed by atoms with Crippen LogP contribution in [-0.4, -0.2) is 9.97 Å². The van der Waals surface area contributed by atoms with Gasteiger partial charge in [-0.15, -0.1) is 0 Å². The molecule has 2 heterocycles. The van der Waals surface area contributed by atoms with E-state index in [0.717, 1.165) is 10.9 Å². The lowest BCUT2D eigenvalue weighted by Gasteiger charge is -2.01. The molecule has 2 rings (SSSR count). The normalized spacial score (nSPS) is 10.7. The van der Waals surface area contributed by atoms with Crippen LogP contribution in [0.15, 0.2) is 23.1 Å². The third-order valence-corrected chi connectivity index (χ3v) is 2.46. The van der Waals surface area contributed by atoms with Crippen molar-refractivity contribution < 1.29 is 0 Å². The molecule has 2 aromatic rings. The van der Waals surface area contributed by atoms with E-state index in [9.17, 15) is 4.79 Å². The Morgan fingerprint density at radius 1 is 1.57 bits per heavy atom. The molecular weight excluding hydrogens is 200 g/mol. The monoisotopic (exact) mass is 208 g/mol. The molecule has 0 bridgehead atoms. The number of rotatable bonds is 1. The predicted octanol–water partition coefficient (Wildman–Crippen LogP) is 2.14. The van der Waals surface area contributed by atoms with Crippen LogP contribution in [-0.2, 0) is 6.42 Å². The summed E-state index contributed by atoms with van der Waals surface area (Å²) in [6.07, 6.45) is 2.34. The first-order valence-corrected chi connectivity index (χ1v) is 4.76. The molecule has 0 aliphatic heterocycles. The first-order valence-electron chi connectivity index (χ1n) is 4.38. The summed E-state index contributed by atoms with van der Waals surface area (Å²) in [6, 6.07) is 3.68. The van der Waals surface area contributed by atoms with E-state index in [1.54, 1.807) is 6.20 Å². The minimum absolute atomic E-state index is 0.0881. The highest BCUT2D eigenvalue weighted by atomic mass is 35.5. The van der Waals surface area contributed by atoms with Gasteiger partial charge in [-0.05, 0) is 18.6 Å². The van der Waals surface area contributed by atoms with Crippen molar-refractivity contribution in [3.8, 4) is 0 Å². The van der Waals surface area contributed by atoms with Gasteiger partial charge in [0.2, 0.25) is 0 Å². The zero-order valence-electron chi connectivity index (χ0n) is 7.67. The summed E-state index contributed by atoms with van der Waals surface area (Å²) in [5.74, 6) is 0. The number of pyridine rings is 2. The van der Waals surface area contributed by atoms with Crippen molar-refractivity contribution in [3.05, 3.63) is 39.4 Å². The number of nitrogens with one attached hydrogen (secondary N) is 1. The number of aromatic nitrogens is 2. The van der Waals surface area contributed by atoms with E-state index < -0.39 is 0 Å². The minimum atomic E-state index is -0.0881. The van der Waals surface area contributed by atoms with Crippen LogP contribution in [0.4, 0.5) is 0 Å². The molecule has 0 unspecified atom stereocenters. The fraction of sp³-hybridized carbons (Fsp3) is 0.200. The molecule has 4 heteroatoms. The van der Waals surface area contributed by atoms with Crippen LogP contribution in [0.1, 0.15) is 12.5 Å². The van der Waals surface area contributed by atoms with E-state index in [0.29, 0.717) is 17.1 Å². The number of aryl methyl sites for hydroxylation is 1. The van der Waals surface area contributed by atoms with Gasteiger partial charge < -0.3 is 4.98 Å². The fourth-order valence-corrected chi connectivity index (χ4v) is 1.62. The standard InChI is InChI=1S/C10H9ClN2O/c1-2-6-5-7-3-4-12-9(11)8(7)13-10(6)14/h3-5H,2H2,1H3,(H,13,14). The SMILES string of the molecule is CCc1cc2ccnc(Cl)c2[nH]c1=O. The second kappa shape index (κ2) is 3.42. The molecule has 72 valence electrons. The highest BCUT2D eigenvalue weighted by molar-refractivity contribution is 6.33. The number of aromatic amines is 1. The fourth-order valence-electron chi connectivity index (χ4n) is 1.40. The van der Waals surface area contributed by atoms with Gasteiger partial charge in [-0.2, -0.15) is 0 Å². The molecule has 0 saturated carbocycles. The first-order chi connectivity index (χ1) is 6.72. The van der Waals surface area contributed by atoms with Crippen LogP contribution in [0, 0.1) is 0 Å². The molecule has 0 saturated heterocycles. The second-order valence-electron chi connectivity index (χ2n) is 3.04. The summed E-state index contributed by atoms with van der Waals surface area (Å²) in [5, 5.41) is 1.25. The molecule has 0 atom stereocenters. The lowest BCUT2D eigenvalue weighted by atomic mass is 10.1. The van der Waals surface area contributed by atoms with Crippen LogP contribution in [0.25, 0.3) is 10.9 Å². The Bertz CT molecular complexity index is 533. The predicted molar refractivity (Wildman–Crippen MR) is 56.8 cm³/mol. The third-order valence-electron chi connectivity index (χ3n) is 2.18. The van der Waals surface area contributed by atoms with Gasteiger partial charge in [0.05, 0.1) is 5.52 Å². The van der Waals surface area contributed by atoms with Gasteiger partial charge in [-0.25, -0.2) is 4.98 Å². The summed E-state index contributed by atoms with van der Waals surface area (Å²) in [7, 11) is 0. The Kier molecular flexibility index (Phi) is 2.25. The maximum absolute atomic E-state index is 11.5. The molecule has 1 N–H and O–H groups in total. The molecular formula is C10H9ClN2O. The number of fused-ring (bicyclic) bond motifs is 1. The van der Waals surface area contributed by atoms with Crippen LogP contribution < -0.4 is 5.56 Å². The van der Waals surface area contributed by atoms with Gasteiger partial charge in [-0.1, -0.05) is 18.5 Å². The molecule has 14 heavy (non-hydrogen) atoms. The average molecular weight is 209 g/mol. The van der Waals surface area contributed by atoms with Crippen LogP contribution in [0.5, 0.6) is 0 Å². The summed E-state index contributed by atoms with van der Waals surface area (Å²) in [4.78, 5) is 18.1. The number of nitrogens with zero attached hydrogens (tertiary/aromatic N) is 1. The molecule has 2 aromatic heterocycles. The second-order valence-corrected chi connectivity index (χ2v) is 3.40. The molecule has 0 aromatic carbocycles. The van der Waals surface area contributed by atoms with E-state index in [2.05, 4.69) is 9.97 Å². The molecule has 0 aliphatic carbocycles. The number of halogens is 1. The van der Waals surface area contributed by atoms with Crippen molar-refractivity contribution in [2.24, 2.45) is 0 Å². The molecule has 0 amide bonds. The van der Waals surface area contributed by atoms with E-state index in [-0.39, 0.29) is 5.56 Å².